The summed E-state index contributed by atoms with van der Waals surface area (Å²) < 4.78 is 18.5. The van der Waals surface area contributed by atoms with E-state index in [0.717, 1.165) is 16.5 Å². The first-order valence-electron chi connectivity index (χ1n) is 7.49. The van der Waals surface area contributed by atoms with Crippen molar-refractivity contribution in [2.45, 2.75) is 32.4 Å². The summed E-state index contributed by atoms with van der Waals surface area (Å²) in [5.74, 6) is -2.51. The van der Waals surface area contributed by atoms with E-state index in [1.807, 2.05) is 30.3 Å². The van der Waals surface area contributed by atoms with Gasteiger partial charge < -0.3 is 9.84 Å². The summed E-state index contributed by atoms with van der Waals surface area (Å²) in [6, 6.07) is 8.94. The Balaban J connectivity index is 2.14. The van der Waals surface area contributed by atoms with Crippen LogP contribution < -0.4 is 0 Å². The zero-order chi connectivity index (χ0) is 17.0. The molecule has 0 radical (unpaired) electrons. The average Bonchev–Trinajstić information content (AvgIpc) is 2.93. The lowest BCUT2D eigenvalue weighted by molar-refractivity contribution is -0.135. The molecule has 1 heterocycles. The van der Waals surface area contributed by atoms with Gasteiger partial charge in [0.1, 0.15) is 18.5 Å². The van der Waals surface area contributed by atoms with E-state index in [2.05, 4.69) is 0 Å². The number of hydrogen-bond acceptors (Lipinski definition) is 4. The third-order valence-electron chi connectivity index (χ3n) is 3.93. The highest BCUT2D eigenvalue weighted by molar-refractivity contribution is 5.95. The zero-order valence-corrected chi connectivity index (χ0v) is 13.1. The Labute approximate surface area is 134 Å². The van der Waals surface area contributed by atoms with E-state index in [9.17, 15) is 19.1 Å². The molecular weight excluding hydrogens is 301 g/mol. The van der Waals surface area contributed by atoms with Crippen molar-refractivity contribution < 1.29 is 23.8 Å². The molecule has 0 unspecified atom stereocenters. The largest absolute Gasteiger partial charge is 0.447 e. The molecule has 1 aromatic rings. The van der Waals surface area contributed by atoms with Crippen molar-refractivity contribution in [3.8, 4) is 0 Å². The van der Waals surface area contributed by atoms with Crippen LogP contribution in [0.25, 0.3) is 0 Å². The summed E-state index contributed by atoms with van der Waals surface area (Å²) >= 11 is 0. The van der Waals surface area contributed by atoms with Gasteiger partial charge in [-0.15, -0.1) is 0 Å². The predicted octanol–water partition coefficient (Wildman–Crippen LogP) is 2.45. The molecule has 1 saturated heterocycles. The fourth-order valence-electron chi connectivity index (χ4n) is 2.53. The number of nitrogens with zero attached hydrogens (tertiary/aromatic N) is 1. The van der Waals surface area contributed by atoms with Crippen LogP contribution in [0.2, 0.25) is 0 Å². The smallest absolute Gasteiger partial charge is 0.416 e. The van der Waals surface area contributed by atoms with Crippen LogP contribution in [0.15, 0.2) is 42.2 Å². The minimum absolute atomic E-state index is 0.0916. The molecule has 0 bridgehead atoms. The fraction of sp³-hybridized carbons (Fsp3) is 0.412. The number of carbonyl (C=O) groups excluding carboxylic acids is 2. The van der Waals surface area contributed by atoms with E-state index in [-0.39, 0.29) is 6.61 Å². The number of benzene rings is 1. The molecule has 124 valence electrons. The van der Waals surface area contributed by atoms with Crippen molar-refractivity contribution >= 4 is 12.0 Å². The number of cyclic esters (lactones) is 1. The Morgan fingerprint density at radius 2 is 2.13 bits per heavy atom. The second kappa shape index (κ2) is 7.37. The molecular formula is C17H20FNO4. The molecule has 2 amide bonds. The van der Waals surface area contributed by atoms with Gasteiger partial charge in [0, 0.05) is 0 Å². The Bertz CT molecular complexity index is 602. The topological polar surface area (TPSA) is 66.8 Å². The third kappa shape index (κ3) is 3.76. The van der Waals surface area contributed by atoms with Gasteiger partial charge in [-0.25, -0.2) is 14.1 Å². The Morgan fingerprint density at radius 1 is 1.48 bits per heavy atom. The van der Waals surface area contributed by atoms with Crippen LogP contribution in [-0.4, -0.2) is 40.8 Å². The first kappa shape index (κ1) is 17.1. The summed E-state index contributed by atoms with van der Waals surface area (Å²) in [5, 5.41) is 9.84. The standard InChI is InChI=1S/C17H20FNO4/c1-3-14(18)15(20)11(2)16(21)19-13(10-23-17(19)22)9-12-7-5-4-6-8-12/h3-8,11,13,15,20H,9-10H2,1-2H3/t11-,13+,15+/m0/s1. The molecule has 3 atom stereocenters. The predicted molar refractivity (Wildman–Crippen MR) is 82.2 cm³/mol. The Morgan fingerprint density at radius 3 is 2.74 bits per heavy atom. The minimum atomic E-state index is -1.57. The van der Waals surface area contributed by atoms with Crippen LogP contribution in [0.3, 0.4) is 0 Å². The number of aliphatic hydroxyl groups is 1. The van der Waals surface area contributed by atoms with Gasteiger partial charge in [-0.1, -0.05) is 43.3 Å². The number of aliphatic hydroxyl groups excluding tert-OH is 1. The summed E-state index contributed by atoms with van der Waals surface area (Å²) in [5.41, 5.74) is 0.960. The third-order valence-corrected chi connectivity index (χ3v) is 3.93. The lowest BCUT2D eigenvalue weighted by Crippen LogP contribution is -2.45. The van der Waals surface area contributed by atoms with E-state index in [0.29, 0.717) is 6.42 Å². The normalized spacial score (nSPS) is 21.0. The molecule has 0 saturated carbocycles. The summed E-state index contributed by atoms with van der Waals surface area (Å²) in [6.45, 7) is 2.91. The van der Waals surface area contributed by atoms with E-state index >= 15 is 0 Å². The van der Waals surface area contributed by atoms with Crippen molar-refractivity contribution in [2.75, 3.05) is 6.61 Å². The van der Waals surface area contributed by atoms with Crippen LogP contribution in [0.4, 0.5) is 9.18 Å². The second-order valence-corrected chi connectivity index (χ2v) is 5.54. The van der Waals surface area contributed by atoms with E-state index in [4.69, 9.17) is 4.74 Å². The molecule has 5 nitrogen and oxygen atoms in total. The molecule has 1 fully saturated rings. The van der Waals surface area contributed by atoms with Crippen molar-refractivity contribution in [3.05, 3.63) is 47.8 Å². The molecule has 1 aliphatic heterocycles. The molecule has 1 aromatic carbocycles. The average molecular weight is 321 g/mol. The van der Waals surface area contributed by atoms with Gasteiger partial charge in [0.25, 0.3) is 0 Å². The van der Waals surface area contributed by atoms with E-state index in [1.54, 1.807) is 0 Å². The lowest BCUT2D eigenvalue weighted by atomic mass is 9.99. The number of amides is 2. The Hall–Kier alpha value is -2.21. The molecule has 6 heteroatoms. The van der Waals surface area contributed by atoms with Crippen molar-refractivity contribution in [3.63, 3.8) is 0 Å². The lowest BCUT2D eigenvalue weighted by Gasteiger charge is -2.25. The maximum Gasteiger partial charge on any atom is 0.416 e. The van der Waals surface area contributed by atoms with E-state index < -0.39 is 35.9 Å². The highest BCUT2D eigenvalue weighted by Crippen LogP contribution is 2.23. The Kier molecular flexibility index (Phi) is 5.50. The van der Waals surface area contributed by atoms with Crippen molar-refractivity contribution in [1.82, 2.24) is 4.90 Å². The van der Waals surface area contributed by atoms with Gasteiger partial charge in [0.15, 0.2) is 0 Å². The van der Waals surface area contributed by atoms with Gasteiger partial charge in [0.2, 0.25) is 5.91 Å². The van der Waals surface area contributed by atoms with Crippen molar-refractivity contribution in [2.24, 2.45) is 5.92 Å². The molecule has 0 aromatic heterocycles. The quantitative estimate of drug-likeness (QED) is 0.904. The molecule has 0 spiro atoms. The number of rotatable bonds is 5. The van der Waals surface area contributed by atoms with Crippen LogP contribution in [0, 0.1) is 5.92 Å². The van der Waals surface area contributed by atoms with Gasteiger partial charge in [-0.3, -0.25) is 4.79 Å². The van der Waals surface area contributed by atoms with Crippen LogP contribution >= 0.6 is 0 Å². The second-order valence-electron chi connectivity index (χ2n) is 5.54. The fourth-order valence-corrected chi connectivity index (χ4v) is 2.53. The van der Waals surface area contributed by atoms with Crippen LogP contribution in [-0.2, 0) is 16.0 Å². The van der Waals surface area contributed by atoms with Gasteiger partial charge in [-0.05, 0) is 18.9 Å². The van der Waals surface area contributed by atoms with Gasteiger partial charge >= 0.3 is 6.09 Å². The maximum absolute atomic E-state index is 13.5. The highest BCUT2D eigenvalue weighted by Gasteiger charge is 2.41. The summed E-state index contributed by atoms with van der Waals surface area (Å²) in [6.07, 6.45) is -0.778. The van der Waals surface area contributed by atoms with Gasteiger partial charge in [0.05, 0.1) is 12.0 Å². The summed E-state index contributed by atoms with van der Waals surface area (Å²) in [7, 11) is 0. The maximum atomic E-state index is 13.5. The highest BCUT2D eigenvalue weighted by atomic mass is 19.1. The number of hydrogen-bond donors (Lipinski definition) is 1. The number of imide groups is 1. The SMILES string of the molecule is CC=C(F)[C@H](O)[C@H](C)C(=O)N1C(=O)OC[C@H]1Cc1ccccc1. The van der Waals surface area contributed by atoms with Crippen molar-refractivity contribution in [1.29, 1.82) is 0 Å². The number of allylic oxidation sites excluding steroid dienone is 1. The minimum Gasteiger partial charge on any atom is -0.447 e. The monoisotopic (exact) mass is 321 g/mol. The molecule has 0 aliphatic carbocycles. The first-order valence-corrected chi connectivity index (χ1v) is 7.49. The van der Waals surface area contributed by atoms with Gasteiger partial charge in [-0.2, -0.15) is 0 Å². The molecule has 2 rings (SSSR count). The van der Waals surface area contributed by atoms with Crippen LogP contribution in [0.1, 0.15) is 19.4 Å². The van der Waals surface area contributed by atoms with E-state index in [1.165, 1.54) is 13.8 Å². The van der Waals surface area contributed by atoms with Crippen LogP contribution in [0.5, 0.6) is 0 Å². The number of ether oxygens (including phenoxy) is 1. The molecule has 1 aliphatic rings. The number of halogens is 1. The number of carbonyl (C=O) groups is 2. The molecule has 1 N–H and O–H groups in total. The first-order chi connectivity index (χ1) is 11.0. The molecule has 23 heavy (non-hydrogen) atoms. The zero-order valence-electron chi connectivity index (χ0n) is 13.1. The summed E-state index contributed by atoms with van der Waals surface area (Å²) in [4.78, 5) is 25.4.